The lowest BCUT2D eigenvalue weighted by Gasteiger charge is -2.36. The monoisotopic (exact) mass is 574 g/mol. The molecular weight excluding hydrogens is 551 g/mol. The van der Waals surface area contributed by atoms with E-state index in [0.717, 1.165) is 15.5 Å². The Bertz CT molecular complexity index is 1690. The van der Waals surface area contributed by atoms with Crippen LogP contribution in [0.4, 0.5) is 27.9 Å². The van der Waals surface area contributed by atoms with Crippen LogP contribution in [-0.2, 0) is 10.0 Å². The number of anilines is 1. The van der Waals surface area contributed by atoms with E-state index in [1.165, 1.54) is 32.2 Å². The number of nitrogen functional groups attached to an aromatic ring is 1. The lowest BCUT2D eigenvalue weighted by Crippen LogP contribution is -2.49. The summed E-state index contributed by atoms with van der Waals surface area (Å²) in [7, 11) is -2.70. The molecule has 3 aromatic heterocycles. The largest absolute Gasteiger partial charge is 0.479 e. The summed E-state index contributed by atoms with van der Waals surface area (Å²) in [6.07, 6.45) is -2.37. The maximum absolute atomic E-state index is 16.4. The molecule has 0 aliphatic carbocycles. The Morgan fingerprint density at radius 2 is 1.97 bits per heavy atom. The van der Waals surface area contributed by atoms with Crippen molar-refractivity contribution in [2.45, 2.75) is 37.7 Å². The van der Waals surface area contributed by atoms with Crippen LogP contribution in [0.1, 0.15) is 31.0 Å². The molecule has 0 bridgehead atoms. The van der Waals surface area contributed by atoms with E-state index in [1.54, 1.807) is 0 Å². The average molecular weight is 575 g/mol. The number of fused-ring (bicyclic) bond motifs is 2. The molecule has 210 valence electrons. The number of aromatic nitrogens is 6. The van der Waals surface area contributed by atoms with Gasteiger partial charge in [-0.15, -0.1) is 10.2 Å². The highest BCUT2D eigenvalue weighted by Crippen LogP contribution is 2.46. The van der Waals surface area contributed by atoms with Gasteiger partial charge in [0.05, 0.1) is 42.6 Å². The maximum atomic E-state index is 16.4. The summed E-state index contributed by atoms with van der Waals surface area (Å²) >= 11 is 0. The predicted octanol–water partition coefficient (Wildman–Crippen LogP) is 3.08. The summed E-state index contributed by atoms with van der Waals surface area (Å²) in [5.74, 6) is -7.16. The van der Waals surface area contributed by atoms with Crippen LogP contribution in [-0.4, -0.2) is 81.1 Å². The molecule has 0 radical (unpaired) electrons. The summed E-state index contributed by atoms with van der Waals surface area (Å²) < 4.78 is 106. The second kappa shape index (κ2) is 9.25. The van der Waals surface area contributed by atoms with E-state index >= 15 is 13.2 Å². The van der Waals surface area contributed by atoms with Crippen molar-refractivity contribution in [3.05, 3.63) is 29.7 Å². The van der Waals surface area contributed by atoms with E-state index in [4.69, 9.17) is 10.5 Å². The molecule has 1 aromatic carbocycles. The molecule has 0 spiro atoms. The normalized spacial score (nSPS) is 19.3. The fraction of sp³-hybridized carbons (Fsp3) is 0.455. The number of methoxy groups -OCH3 is 1. The minimum atomic E-state index is -3.92. The molecule has 0 amide bonds. The number of nitrogens with two attached hydrogens (primary N) is 1. The predicted molar refractivity (Wildman–Crippen MR) is 130 cm³/mol. The van der Waals surface area contributed by atoms with Crippen LogP contribution >= 0.6 is 0 Å². The van der Waals surface area contributed by atoms with Gasteiger partial charge in [-0.3, -0.25) is 0 Å². The number of hydrogen-bond donors (Lipinski definition) is 1. The first-order chi connectivity index (χ1) is 18.2. The summed E-state index contributed by atoms with van der Waals surface area (Å²) in [5, 5.41) is 11.6. The molecular formula is C22H23F5N8O3S. The van der Waals surface area contributed by atoms with Gasteiger partial charge in [0.25, 0.3) is 12.3 Å². The number of benzene rings is 1. The van der Waals surface area contributed by atoms with Crippen LogP contribution in [0.15, 0.2) is 18.2 Å². The molecule has 39 heavy (non-hydrogen) atoms. The number of ether oxygens (including phenoxy) is 1. The standard InChI is InChI=1S/C22H23F5N8O3S/c1-10(19(24)25)34-14-8-11(4-5-13(14)30-32-34)15-16(23)17(35-18(15)20(38-2)29-21(28)31-35)12-6-7-33(39(3,36)37)9-22(12,26)27/h4-5,8,10,12,19H,6-7,9H2,1-3H3,(H2,28,31)/t10-,12-/m1/s1. The van der Waals surface area contributed by atoms with Crippen LogP contribution in [0.3, 0.4) is 0 Å². The first kappa shape index (κ1) is 27.0. The molecule has 1 aliphatic rings. The number of hydrogen-bond acceptors (Lipinski definition) is 8. The van der Waals surface area contributed by atoms with E-state index < -0.39 is 58.8 Å². The highest BCUT2D eigenvalue weighted by atomic mass is 32.2. The van der Waals surface area contributed by atoms with Gasteiger partial charge < -0.3 is 10.5 Å². The molecule has 0 unspecified atom stereocenters. The topological polar surface area (TPSA) is 134 Å². The molecule has 1 fully saturated rings. The van der Waals surface area contributed by atoms with Crippen molar-refractivity contribution in [3.63, 3.8) is 0 Å². The SMILES string of the molecule is COc1nc(N)nn2c([C@H]3CCN(S(C)(=O)=O)CC3(F)F)c(F)c(-c3ccc4nnn([C@H](C)C(F)F)c4c3)c12. The molecule has 1 saturated heterocycles. The number of halogens is 5. The van der Waals surface area contributed by atoms with Crippen LogP contribution < -0.4 is 10.5 Å². The van der Waals surface area contributed by atoms with Crippen molar-refractivity contribution in [1.82, 2.24) is 33.9 Å². The van der Waals surface area contributed by atoms with Crippen molar-refractivity contribution in [3.8, 4) is 17.0 Å². The van der Waals surface area contributed by atoms with E-state index in [1.807, 2.05) is 0 Å². The molecule has 17 heteroatoms. The molecule has 4 heterocycles. The Morgan fingerprint density at radius 1 is 1.26 bits per heavy atom. The highest BCUT2D eigenvalue weighted by molar-refractivity contribution is 7.88. The van der Waals surface area contributed by atoms with Gasteiger partial charge in [-0.25, -0.2) is 39.6 Å². The van der Waals surface area contributed by atoms with Gasteiger partial charge in [-0.2, -0.15) is 9.29 Å². The summed E-state index contributed by atoms with van der Waals surface area (Å²) in [4.78, 5) is 3.96. The molecule has 1 aliphatic heterocycles. The van der Waals surface area contributed by atoms with Gasteiger partial charge in [0.1, 0.15) is 17.1 Å². The Morgan fingerprint density at radius 3 is 2.59 bits per heavy atom. The number of piperidine rings is 1. The van der Waals surface area contributed by atoms with Crippen LogP contribution in [0.5, 0.6) is 5.88 Å². The number of rotatable bonds is 6. The first-order valence-electron chi connectivity index (χ1n) is 11.6. The first-order valence-corrected chi connectivity index (χ1v) is 13.5. The minimum absolute atomic E-state index is 0.109. The molecule has 11 nitrogen and oxygen atoms in total. The van der Waals surface area contributed by atoms with Gasteiger partial charge in [-0.1, -0.05) is 11.3 Å². The van der Waals surface area contributed by atoms with Crippen molar-refractivity contribution in [2.24, 2.45) is 0 Å². The zero-order valence-corrected chi connectivity index (χ0v) is 21.6. The van der Waals surface area contributed by atoms with Crippen LogP contribution in [0.25, 0.3) is 27.7 Å². The Hall–Kier alpha value is -3.60. The van der Waals surface area contributed by atoms with E-state index in [0.29, 0.717) is 4.31 Å². The van der Waals surface area contributed by atoms with Crippen molar-refractivity contribution in [1.29, 1.82) is 0 Å². The van der Waals surface area contributed by atoms with Crippen molar-refractivity contribution in [2.75, 3.05) is 32.2 Å². The van der Waals surface area contributed by atoms with E-state index in [9.17, 15) is 17.2 Å². The quantitative estimate of drug-likeness (QED) is 0.348. The van der Waals surface area contributed by atoms with Gasteiger partial charge in [0.15, 0.2) is 5.82 Å². The third kappa shape index (κ3) is 4.42. The number of nitrogens with zero attached hydrogens (tertiary/aromatic N) is 7. The smallest absolute Gasteiger partial charge is 0.270 e. The summed E-state index contributed by atoms with van der Waals surface area (Å²) in [5.41, 5.74) is 5.39. The van der Waals surface area contributed by atoms with Crippen LogP contribution in [0.2, 0.25) is 0 Å². The highest BCUT2D eigenvalue weighted by Gasteiger charge is 2.50. The van der Waals surface area contributed by atoms with Crippen molar-refractivity contribution < 1.29 is 35.1 Å². The fourth-order valence-electron chi connectivity index (χ4n) is 4.87. The number of sulfonamides is 1. The van der Waals surface area contributed by atoms with Gasteiger partial charge in [-0.05, 0) is 31.0 Å². The average Bonchev–Trinajstić information content (AvgIpc) is 3.39. The second-order valence-electron chi connectivity index (χ2n) is 9.33. The molecule has 4 aromatic rings. The third-order valence-electron chi connectivity index (χ3n) is 6.81. The molecule has 2 N–H and O–H groups in total. The Labute approximate surface area is 218 Å². The Kier molecular flexibility index (Phi) is 6.40. The van der Waals surface area contributed by atoms with Crippen LogP contribution in [0, 0.1) is 5.82 Å². The fourth-order valence-corrected chi connectivity index (χ4v) is 5.71. The molecule has 5 rings (SSSR count). The minimum Gasteiger partial charge on any atom is -0.479 e. The lowest BCUT2D eigenvalue weighted by molar-refractivity contribution is -0.0659. The third-order valence-corrected chi connectivity index (χ3v) is 8.06. The van der Waals surface area contributed by atoms with Gasteiger partial charge in [0.2, 0.25) is 21.9 Å². The zero-order chi connectivity index (χ0) is 28.4. The lowest BCUT2D eigenvalue weighted by atomic mass is 9.90. The van der Waals surface area contributed by atoms with E-state index in [2.05, 4.69) is 20.4 Å². The Balaban J connectivity index is 1.76. The van der Waals surface area contributed by atoms with Crippen molar-refractivity contribution >= 4 is 32.5 Å². The molecule has 0 saturated carbocycles. The summed E-state index contributed by atoms with van der Waals surface area (Å²) in [6.45, 7) is -0.192. The van der Waals surface area contributed by atoms with Gasteiger partial charge in [0, 0.05) is 6.54 Å². The van der Waals surface area contributed by atoms with Gasteiger partial charge >= 0.3 is 0 Å². The summed E-state index contributed by atoms with van der Waals surface area (Å²) in [6, 6.07) is 2.86. The van der Waals surface area contributed by atoms with E-state index in [-0.39, 0.29) is 46.1 Å². The number of alkyl halides is 4. The second-order valence-corrected chi connectivity index (χ2v) is 11.3. The molecule has 2 atom stereocenters. The maximum Gasteiger partial charge on any atom is 0.270 e. The zero-order valence-electron chi connectivity index (χ0n) is 20.8.